The average molecular weight is 227 g/mol. The molecule has 1 heterocycles. The highest BCUT2D eigenvalue weighted by Gasteiger charge is 2.21. The Morgan fingerprint density at radius 2 is 1.93 bits per heavy atom. The molecule has 1 saturated carbocycles. The number of nitrogens with zero attached hydrogens (tertiary/aromatic N) is 2. The van der Waals surface area contributed by atoms with E-state index in [0.717, 1.165) is 12.8 Å². The van der Waals surface area contributed by atoms with E-state index >= 15 is 0 Å². The van der Waals surface area contributed by atoms with Crippen LogP contribution in [0.25, 0.3) is 0 Å². The molecule has 1 aliphatic carbocycles. The van der Waals surface area contributed by atoms with E-state index < -0.39 is 0 Å². The second-order valence-electron chi connectivity index (χ2n) is 3.92. The minimum atomic E-state index is 0.207. The number of anilines is 1. The highest BCUT2D eigenvalue weighted by molar-refractivity contribution is 6.30. The first-order valence-electron chi connectivity index (χ1n) is 5.25. The molecular weight excluding hydrogens is 212 g/mol. The van der Waals surface area contributed by atoms with Gasteiger partial charge in [-0.15, -0.1) is 0 Å². The minimum Gasteiger partial charge on any atom is -0.350 e. The summed E-state index contributed by atoms with van der Waals surface area (Å²) in [6.07, 6.45) is 7.79. The van der Waals surface area contributed by atoms with Gasteiger partial charge in [0.1, 0.15) is 0 Å². The molecule has 0 spiro atoms. The quantitative estimate of drug-likeness (QED) is 0.808. The van der Waals surface area contributed by atoms with Gasteiger partial charge in [0.25, 0.3) is 0 Å². The van der Waals surface area contributed by atoms with E-state index in [1.54, 1.807) is 12.4 Å². The molecule has 3 N–H and O–H groups in total. The Bertz CT molecular complexity index is 314. The number of hydrogen-bond donors (Lipinski definition) is 2. The van der Waals surface area contributed by atoms with E-state index in [2.05, 4.69) is 15.3 Å². The first kappa shape index (κ1) is 10.6. The number of nitrogens with two attached hydrogens (primary N) is 1. The monoisotopic (exact) mass is 226 g/mol. The van der Waals surface area contributed by atoms with Crippen LogP contribution < -0.4 is 11.1 Å². The van der Waals surface area contributed by atoms with E-state index in [-0.39, 0.29) is 6.04 Å². The highest BCUT2D eigenvalue weighted by atomic mass is 35.5. The molecule has 0 aromatic carbocycles. The molecule has 0 aliphatic heterocycles. The maximum atomic E-state index is 6.01. The second kappa shape index (κ2) is 4.77. The van der Waals surface area contributed by atoms with Crippen molar-refractivity contribution in [2.24, 2.45) is 5.73 Å². The normalized spacial score (nSPS) is 26.3. The summed E-state index contributed by atoms with van der Waals surface area (Å²) in [6.45, 7) is 0. The van der Waals surface area contributed by atoms with Gasteiger partial charge < -0.3 is 11.1 Å². The lowest BCUT2D eigenvalue weighted by atomic mass is 9.91. The van der Waals surface area contributed by atoms with Crippen molar-refractivity contribution in [3.63, 3.8) is 0 Å². The minimum absolute atomic E-state index is 0.207. The van der Waals surface area contributed by atoms with Gasteiger partial charge in [0.15, 0.2) is 0 Å². The first-order valence-corrected chi connectivity index (χ1v) is 5.63. The van der Waals surface area contributed by atoms with Crippen LogP contribution in [0.3, 0.4) is 0 Å². The molecular formula is C10H15ClN4. The van der Waals surface area contributed by atoms with Crippen LogP contribution in [0.2, 0.25) is 5.02 Å². The number of halogens is 1. The molecule has 1 aromatic heterocycles. The van der Waals surface area contributed by atoms with Crippen molar-refractivity contribution in [2.45, 2.75) is 37.8 Å². The summed E-state index contributed by atoms with van der Waals surface area (Å²) < 4.78 is 0. The maximum absolute atomic E-state index is 6.01. The van der Waals surface area contributed by atoms with Gasteiger partial charge in [-0.05, 0) is 12.8 Å². The van der Waals surface area contributed by atoms with Crippen LogP contribution in [-0.2, 0) is 0 Å². The van der Waals surface area contributed by atoms with Crippen LogP contribution in [0.1, 0.15) is 25.7 Å². The lowest BCUT2D eigenvalue weighted by molar-refractivity contribution is 0.402. The van der Waals surface area contributed by atoms with Crippen molar-refractivity contribution in [2.75, 3.05) is 5.32 Å². The summed E-state index contributed by atoms with van der Waals surface area (Å²) in [7, 11) is 0. The largest absolute Gasteiger partial charge is 0.350 e. The van der Waals surface area contributed by atoms with Gasteiger partial charge >= 0.3 is 0 Å². The zero-order valence-electron chi connectivity index (χ0n) is 8.49. The van der Waals surface area contributed by atoms with Crippen molar-refractivity contribution in [1.82, 2.24) is 9.97 Å². The molecule has 0 amide bonds. The van der Waals surface area contributed by atoms with Gasteiger partial charge in [0.2, 0.25) is 5.95 Å². The van der Waals surface area contributed by atoms with Crippen molar-refractivity contribution in [1.29, 1.82) is 0 Å². The predicted molar refractivity (Wildman–Crippen MR) is 60.9 cm³/mol. The summed E-state index contributed by atoms with van der Waals surface area (Å²) >= 11 is 5.71. The number of rotatable bonds is 2. The Morgan fingerprint density at radius 1 is 1.27 bits per heavy atom. The van der Waals surface area contributed by atoms with E-state index in [1.165, 1.54) is 12.8 Å². The summed E-state index contributed by atoms with van der Waals surface area (Å²) in [5, 5.41) is 3.80. The Balaban J connectivity index is 1.98. The summed E-state index contributed by atoms with van der Waals surface area (Å²) in [6, 6.07) is 0.498. The molecule has 15 heavy (non-hydrogen) atoms. The third-order valence-electron chi connectivity index (χ3n) is 2.75. The van der Waals surface area contributed by atoms with Crippen LogP contribution in [0.5, 0.6) is 0 Å². The van der Waals surface area contributed by atoms with Gasteiger partial charge in [-0.25, -0.2) is 9.97 Å². The van der Waals surface area contributed by atoms with Crippen molar-refractivity contribution in [3.05, 3.63) is 17.4 Å². The zero-order chi connectivity index (χ0) is 10.7. The first-order chi connectivity index (χ1) is 7.25. The standard InChI is InChI=1S/C10H15ClN4/c11-7-5-13-10(14-6-7)15-9-4-2-1-3-8(9)12/h5-6,8-9H,1-4,12H2,(H,13,14,15)/t8-,9+/m1/s1. The van der Waals surface area contributed by atoms with Gasteiger partial charge in [0.05, 0.1) is 17.4 Å². The van der Waals surface area contributed by atoms with Crippen LogP contribution in [0, 0.1) is 0 Å². The molecule has 0 bridgehead atoms. The molecule has 1 fully saturated rings. The highest BCUT2D eigenvalue weighted by Crippen LogP contribution is 2.19. The molecule has 2 atom stereocenters. The van der Waals surface area contributed by atoms with Gasteiger partial charge in [0, 0.05) is 12.1 Å². The number of nitrogens with one attached hydrogen (secondary N) is 1. The van der Waals surface area contributed by atoms with Crippen molar-refractivity contribution in [3.8, 4) is 0 Å². The third kappa shape index (κ3) is 2.79. The lowest BCUT2D eigenvalue weighted by Crippen LogP contribution is -2.42. The predicted octanol–water partition coefficient (Wildman–Crippen LogP) is 1.81. The molecule has 4 nitrogen and oxygen atoms in total. The molecule has 0 saturated heterocycles. The van der Waals surface area contributed by atoms with E-state index in [0.29, 0.717) is 17.0 Å². The average Bonchev–Trinajstić information content (AvgIpc) is 2.25. The molecule has 5 heteroatoms. The van der Waals surface area contributed by atoms with E-state index in [1.807, 2.05) is 0 Å². The Hall–Kier alpha value is -0.870. The van der Waals surface area contributed by atoms with Gasteiger partial charge in [-0.3, -0.25) is 0 Å². The number of hydrogen-bond acceptors (Lipinski definition) is 4. The summed E-state index contributed by atoms with van der Waals surface area (Å²) in [5.41, 5.74) is 6.01. The van der Waals surface area contributed by atoms with Crippen LogP contribution >= 0.6 is 11.6 Å². The van der Waals surface area contributed by atoms with Crippen molar-refractivity contribution < 1.29 is 0 Å². The summed E-state index contributed by atoms with van der Waals surface area (Å²) in [5.74, 6) is 0.613. The fourth-order valence-corrected chi connectivity index (χ4v) is 1.99. The molecule has 82 valence electrons. The molecule has 0 unspecified atom stereocenters. The van der Waals surface area contributed by atoms with Crippen LogP contribution in [0.4, 0.5) is 5.95 Å². The Labute approximate surface area is 94.2 Å². The van der Waals surface area contributed by atoms with Gasteiger partial charge in [-0.2, -0.15) is 0 Å². The fraction of sp³-hybridized carbons (Fsp3) is 0.600. The second-order valence-corrected chi connectivity index (χ2v) is 4.36. The van der Waals surface area contributed by atoms with Crippen molar-refractivity contribution >= 4 is 17.5 Å². The van der Waals surface area contributed by atoms with E-state index in [9.17, 15) is 0 Å². The zero-order valence-corrected chi connectivity index (χ0v) is 9.24. The summed E-state index contributed by atoms with van der Waals surface area (Å²) in [4.78, 5) is 8.19. The molecule has 0 radical (unpaired) electrons. The van der Waals surface area contributed by atoms with Gasteiger partial charge in [-0.1, -0.05) is 24.4 Å². The van der Waals surface area contributed by atoms with E-state index in [4.69, 9.17) is 17.3 Å². The SMILES string of the molecule is N[C@@H]1CCCC[C@@H]1Nc1ncc(Cl)cn1. The van der Waals surface area contributed by atoms with Crippen LogP contribution in [-0.4, -0.2) is 22.1 Å². The fourth-order valence-electron chi connectivity index (χ4n) is 1.89. The lowest BCUT2D eigenvalue weighted by Gasteiger charge is -2.29. The topological polar surface area (TPSA) is 63.8 Å². The smallest absolute Gasteiger partial charge is 0.222 e. The third-order valence-corrected chi connectivity index (χ3v) is 2.95. The molecule has 1 aromatic rings. The molecule has 1 aliphatic rings. The van der Waals surface area contributed by atoms with Crippen LogP contribution in [0.15, 0.2) is 12.4 Å². The maximum Gasteiger partial charge on any atom is 0.222 e. The molecule has 2 rings (SSSR count). The number of aromatic nitrogens is 2. The Morgan fingerprint density at radius 3 is 2.60 bits per heavy atom. The Kier molecular flexibility index (Phi) is 3.38.